The van der Waals surface area contributed by atoms with Crippen molar-refractivity contribution in [1.29, 1.82) is 0 Å². The standard InChI is InChI=1S/C9H19N/c1-4-6-8-10-9(3)7-5-2/h4,9-10H,1,5-8H2,2-3H3. The van der Waals surface area contributed by atoms with Gasteiger partial charge in [0.25, 0.3) is 0 Å². The van der Waals surface area contributed by atoms with Gasteiger partial charge in [-0.1, -0.05) is 19.4 Å². The predicted octanol–water partition coefficient (Wildman–Crippen LogP) is 2.34. The summed E-state index contributed by atoms with van der Waals surface area (Å²) >= 11 is 0. The molecular weight excluding hydrogens is 122 g/mol. The van der Waals surface area contributed by atoms with Gasteiger partial charge in [0.1, 0.15) is 0 Å². The fourth-order valence-electron chi connectivity index (χ4n) is 0.967. The Morgan fingerprint density at radius 2 is 2.30 bits per heavy atom. The summed E-state index contributed by atoms with van der Waals surface area (Å²) in [6.45, 7) is 9.18. The fraction of sp³-hybridized carbons (Fsp3) is 0.778. The minimum atomic E-state index is 0.671. The SMILES string of the molecule is C=CCCNC(C)CCC. The quantitative estimate of drug-likeness (QED) is 0.442. The van der Waals surface area contributed by atoms with E-state index in [4.69, 9.17) is 0 Å². The molecule has 0 aliphatic heterocycles. The lowest BCUT2D eigenvalue weighted by atomic mass is 10.2. The Morgan fingerprint density at radius 1 is 1.60 bits per heavy atom. The maximum atomic E-state index is 3.66. The zero-order chi connectivity index (χ0) is 7.82. The van der Waals surface area contributed by atoms with Gasteiger partial charge >= 0.3 is 0 Å². The summed E-state index contributed by atoms with van der Waals surface area (Å²) in [7, 11) is 0. The number of hydrogen-bond donors (Lipinski definition) is 1. The summed E-state index contributed by atoms with van der Waals surface area (Å²) in [6.07, 6.45) is 5.57. The zero-order valence-electron chi connectivity index (χ0n) is 7.19. The highest BCUT2D eigenvalue weighted by molar-refractivity contribution is 4.69. The molecule has 0 aromatic rings. The second-order valence-corrected chi connectivity index (χ2v) is 2.72. The molecule has 0 rings (SSSR count). The Balaban J connectivity index is 3.04. The molecule has 0 aromatic heterocycles. The Labute approximate surface area is 64.5 Å². The van der Waals surface area contributed by atoms with Crippen LogP contribution in [-0.2, 0) is 0 Å². The van der Waals surface area contributed by atoms with E-state index in [1.807, 2.05) is 6.08 Å². The summed E-state index contributed by atoms with van der Waals surface area (Å²) in [5.74, 6) is 0. The predicted molar refractivity (Wildman–Crippen MR) is 47.2 cm³/mol. The van der Waals surface area contributed by atoms with Crippen LogP contribution in [0.3, 0.4) is 0 Å². The molecule has 0 radical (unpaired) electrons. The molecule has 60 valence electrons. The largest absolute Gasteiger partial charge is 0.314 e. The maximum Gasteiger partial charge on any atom is 0.00387 e. The molecule has 0 aromatic carbocycles. The number of rotatable bonds is 6. The Morgan fingerprint density at radius 3 is 2.80 bits per heavy atom. The highest BCUT2D eigenvalue weighted by Gasteiger charge is 1.95. The van der Waals surface area contributed by atoms with Crippen LogP contribution < -0.4 is 5.32 Å². The van der Waals surface area contributed by atoms with Crippen LogP contribution in [0.25, 0.3) is 0 Å². The first-order valence-electron chi connectivity index (χ1n) is 4.15. The summed E-state index contributed by atoms with van der Waals surface area (Å²) in [5.41, 5.74) is 0. The molecular formula is C9H19N. The summed E-state index contributed by atoms with van der Waals surface area (Å²) in [5, 5.41) is 3.41. The van der Waals surface area contributed by atoms with Gasteiger partial charge in [-0.05, 0) is 26.3 Å². The fourth-order valence-corrected chi connectivity index (χ4v) is 0.967. The van der Waals surface area contributed by atoms with Crippen molar-refractivity contribution in [1.82, 2.24) is 5.32 Å². The number of nitrogens with one attached hydrogen (secondary N) is 1. The molecule has 0 aliphatic rings. The molecule has 10 heavy (non-hydrogen) atoms. The lowest BCUT2D eigenvalue weighted by Crippen LogP contribution is -2.26. The summed E-state index contributed by atoms with van der Waals surface area (Å²) in [6, 6.07) is 0.671. The van der Waals surface area contributed by atoms with Crippen molar-refractivity contribution >= 4 is 0 Å². The van der Waals surface area contributed by atoms with E-state index in [0.29, 0.717) is 6.04 Å². The molecule has 0 spiro atoms. The van der Waals surface area contributed by atoms with Crippen LogP contribution in [0, 0.1) is 0 Å². The van der Waals surface area contributed by atoms with Crippen molar-refractivity contribution in [3.05, 3.63) is 12.7 Å². The van der Waals surface area contributed by atoms with E-state index < -0.39 is 0 Å². The third kappa shape index (κ3) is 5.83. The smallest absolute Gasteiger partial charge is 0.00387 e. The molecule has 1 atom stereocenters. The van der Waals surface area contributed by atoms with E-state index in [9.17, 15) is 0 Å². The van der Waals surface area contributed by atoms with Crippen LogP contribution >= 0.6 is 0 Å². The molecule has 1 unspecified atom stereocenters. The Hall–Kier alpha value is -0.300. The molecule has 1 N–H and O–H groups in total. The molecule has 0 saturated carbocycles. The van der Waals surface area contributed by atoms with Crippen molar-refractivity contribution in [3.63, 3.8) is 0 Å². The van der Waals surface area contributed by atoms with E-state index in [1.54, 1.807) is 0 Å². The van der Waals surface area contributed by atoms with Gasteiger partial charge in [0.2, 0.25) is 0 Å². The lowest BCUT2D eigenvalue weighted by Gasteiger charge is -2.10. The highest BCUT2D eigenvalue weighted by atomic mass is 14.9. The second kappa shape index (κ2) is 6.81. The minimum absolute atomic E-state index is 0.671. The van der Waals surface area contributed by atoms with E-state index in [0.717, 1.165) is 13.0 Å². The molecule has 1 nitrogen and oxygen atoms in total. The molecule has 1 heteroatoms. The Kier molecular flexibility index (Phi) is 6.61. The maximum absolute atomic E-state index is 3.66. The van der Waals surface area contributed by atoms with Gasteiger partial charge in [-0.3, -0.25) is 0 Å². The van der Waals surface area contributed by atoms with Crippen molar-refractivity contribution < 1.29 is 0 Å². The molecule has 0 amide bonds. The highest BCUT2D eigenvalue weighted by Crippen LogP contribution is 1.94. The van der Waals surface area contributed by atoms with Crippen LogP contribution in [-0.4, -0.2) is 12.6 Å². The molecule has 0 bridgehead atoms. The van der Waals surface area contributed by atoms with Crippen molar-refractivity contribution in [2.24, 2.45) is 0 Å². The van der Waals surface area contributed by atoms with Crippen LogP contribution in [0.1, 0.15) is 33.1 Å². The summed E-state index contributed by atoms with van der Waals surface area (Å²) in [4.78, 5) is 0. The first-order chi connectivity index (χ1) is 4.81. The Bertz CT molecular complexity index is 78.8. The van der Waals surface area contributed by atoms with E-state index >= 15 is 0 Å². The van der Waals surface area contributed by atoms with E-state index in [2.05, 4.69) is 25.7 Å². The normalized spacial score (nSPS) is 13.0. The third-order valence-electron chi connectivity index (χ3n) is 1.56. The van der Waals surface area contributed by atoms with Gasteiger partial charge in [0.05, 0.1) is 0 Å². The van der Waals surface area contributed by atoms with E-state index in [-0.39, 0.29) is 0 Å². The van der Waals surface area contributed by atoms with Crippen LogP contribution in [0.15, 0.2) is 12.7 Å². The van der Waals surface area contributed by atoms with E-state index in [1.165, 1.54) is 12.8 Å². The average molecular weight is 141 g/mol. The molecule has 0 aliphatic carbocycles. The van der Waals surface area contributed by atoms with Crippen LogP contribution in [0.4, 0.5) is 0 Å². The van der Waals surface area contributed by atoms with Crippen molar-refractivity contribution in [2.75, 3.05) is 6.54 Å². The zero-order valence-corrected chi connectivity index (χ0v) is 7.19. The molecule has 0 heterocycles. The van der Waals surface area contributed by atoms with Gasteiger partial charge in [-0.2, -0.15) is 0 Å². The second-order valence-electron chi connectivity index (χ2n) is 2.72. The molecule has 0 fully saturated rings. The minimum Gasteiger partial charge on any atom is -0.314 e. The average Bonchev–Trinajstić information content (AvgIpc) is 1.89. The van der Waals surface area contributed by atoms with Gasteiger partial charge in [0, 0.05) is 6.04 Å². The first-order valence-corrected chi connectivity index (χ1v) is 4.15. The van der Waals surface area contributed by atoms with Crippen molar-refractivity contribution in [2.45, 2.75) is 39.2 Å². The van der Waals surface area contributed by atoms with Gasteiger partial charge in [-0.25, -0.2) is 0 Å². The van der Waals surface area contributed by atoms with Gasteiger partial charge in [0.15, 0.2) is 0 Å². The van der Waals surface area contributed by atoms with Gasteiger partial charge < -0.3 is 5.32 Å². The lowest BCUT2D eigenvalue weighted by molar-refractivity contribution is 0.514. The van der Waals surface area contributed by atoms with Crippen LogP contribution in [0.2, 0.25) is 0 Å². The third-order valence-corrected chi connectivity index (χ3v) is 1.56. The molecule has 0 saturated heterocycles. The number of hydrogen-bond acceptors (Lipinski definition) is 1. The van der Waals surface area contributed by atoms with Crippen molar-refractivity contribution in [3.8, 4) is 0 Å². The van der Waals surface area contributed by atoms with Gasteiger partial charge in [-0.15, -0.1) is 6.58 Å². The monoisotopic (exact) mass is 141 g/mol. The first kappa shape index (κ1) is 9.70. The van der Waals surface area contributed by atoms with Crippen LogP contribution in [0.5, 0.6) is 0 Å². The summed E-state index contributed by atoms with van der Waals surface area (Å²) < 4.78 is 0. The topological polar surface area (TPSA) is 12.0 Å².